The molecule has 0 saturated carbocycles. The van der Waals surface area contributed by atoms with Gasteiger partial charge in [-0.25, -0.2) is 13.9 Å². The molecule has 1 fully saturated rings. The third-order valence-electron chi connectivity index (χ3n) is 5.57. The Kier molecular flexibility index (Phi) is 7.12. The summed E-state index contributed by atoms with van der Waals surface area (Å²) in [5.74, 6) is 5.14. The SMILES string of the molecule is O=C(Nc1ccc(OCCN2CCOCC2)c(F)c1)c1cncc(C#Cc2cnc3cccnn23)c1. The van der Waals surface area contributed by atoms with Crippen LogP contribution in [-0.4, -0.2) is 69.8 Å². The summed E-state index contributed by atoms with van der Waals surface area (Å²) in [5, 5.41) is 6.91. The van der Waals surface area contributed by atoms with Gasteiger partial charge in [-0.3, -0.25) is 14.7 Å². The Labute approximate surface area is 206 Å². The minimum absolute atomic E-state index is 0.141. The number of ether oxygens (including phenoxy) is 2. The molecule has 1 aromatic carbocycles. The molecular weight excluding hydrogens is 463 g/mol. The molecule has 0 unspecified atom stereocenters. The molecule has 182 valence electrons. The first-order valence-electron chi connectivity index (χ1n) is 11.5. The minimum atomic E-state index is -0.547. The van der Waals surface area contributed by atoms with Gasteiger partial charge in [-0.2, -0.15) is 5.10 Å². The van der Waals surface area contributed by atoms with Gasteiger partial charge in [-0.05, 0) is 36.3 Å². The van der Waals surface area contributed by atoms with Crippen LogP contribution in [0, 0.1) is 17.7 Å². The average molecular weight is 487 g/mol. The maximum absolute atomic E-state index is 14.5. The number of carbonyl (C=O) groups excluding carboxylic acids is 1. The number of rotatable bonds is 6. The second-order valence-electron chi connectivity index (χ2n) is 8.05. The molecule has 0 spiro atoms. The topological polar surface area (TPSA) is 93.9 Å². The van der Waals surface area contributed by atoms with Crippen molar-refractivity contribution < 1.29 is 18.7 Å². The Hall–Kier alpha value is -4.33. The van der Waals surface area contributed by atoms with Crippen molar-refractivity contribution in [2.45, 2.75) is 0 Å². The third-order valence-corrected chi connectivity index (χ3v) is 5.57. The summed E-state index contributed by atoms with van der Waals surface area (Å²) in [7, 11) is 0. The quantitative estimate of drug-likeness (QED) is 0.419. The van der Waals surface area contributed by atoms with Gasteiger partial charge in [0.25, 0.3) is 5.91 Å². The Balaban J connectivity index is 1.21. The van der Waals surface area contributed by atoms with Crippen molar-refractivity contribution in [3.05, 3.63) is 83.8 Å². The van der Waals surface area contributed by atoms with Crippen LogP contribution in [0.5, 0.6) is 5.75 Å². The zero-order valence-corrected chi connectivity index (χ0v) is 19.4. The molecule has 3 aromatic heterocycles. The van der Waals surface area contributed by atoms with Crippen LogP contribution in [-0.2, 0) is 4.74 Å². The summed E-state index contributed by atoms with van der Waals surface area (Å²) in [5.41, 5.74) is 2.45. The Morgan fingerprint density at radius 2 is 2.03 bits per heavy atom. The lowest BCUT2D eigenvalue weighted by molar-refractivity contribution is 0.0320. The van der Waals surface area contributed by atoms with E-state index < -0.39 is 11.7 Å². The molecule has 10 heteroatoms. The number of fused-ring (bicyclic) bond motifs is 1. The molecule has 0 atom stereocenters. The van der Waals surface area contributed by atoms with Crippen molar-refractivity contribution >= 4 is 17.2 Å². The predicted molar refractivity (Wildman–Crippen MR) is 130 cm³/mol. The number of hydrogen-bond donors (Lipinski definition) is 1. The minimum Gasteiger partial charge on any atom is -0.489 e. The van der Waals surface area contributed by atoms with Crippen LogP contribution in [0.15, 0.2) is 61.2 Å². The molecule has 0 aliphatic carbocycles. The summed E-state index contributed by atoms with van der Waals surface area (Å²) >= 11 is 0. The van der Waals surface area contributed by atoms with Crippen LogP contribution in [0.1, 0.15) is 21.6 Å². The molecule has 4 aromatic rings. The van der Waals surface area contributed by atoms with Gasteiger partial charge in [0.1, 0.15) is 12.3 Å². The predicted octanol–water partition coefficient (Wildman–Crippen LogP) is 2.63. The van der Waals surface area contributed by atoms with E-state index in [2.05, 4.69) is 37.1 Å². The second kappa shape index (κ2) is 10.9. The van der Waals surface area contributed by atoms with Gasteiger partial charge in [0, 0.05) is 55.5 Å². The lowest BCUT2D eigenvalue weighted by Crippen LogP contribution is -2.38. The van der Waals surface area contributed by atoms with E-state index in [1.54, 1.807) is 41.3 Å². The lowest BCUT2D eigenvalue weighted by atomic mass is 10.2. The summed E-state index contributed by atoms with van der Waals surface area (Å²) < 4.78 is 27.0. The van der Waals surface area contributed by atoms with Crippen LogP contribution >= 0.6 is 0 Å². The van der Waals surface area contributed by atoms with E-state index in [9.17, 15) is 9.18 Å². The molecule has 5 rings (SSSR count). The van der Waals surface area contributed by atoms with E-state index >= 15 is 0 Å². The standard InChI is InChI=1S/C26H23FN6O3/c27-23-15-21(4-6-24(23)36-13-10-32-8-11-35-12-9-32)31-26(34)20-14-19(16-28-17-20)3-5-22-18-29-25-2-1-7-30-33(22)25/h1-2,4,6-7,14-18H,8-13H2,(H,31,34). The van der Waals surface area contributed by atoms with Crippen molar-refractivity contribution in [3.8, 4) is 17.6 Å². The highest BCUT2D eigenvalue weighted by molar-refractivity contribution is 6.04. The number of nitrogens with one attached hydrogen (secondary N) is 1. The number of anilines is 1. The van der Waals surface area contributed by atoms with Gasteiger partial charge in [0.15, 0.2) is 17.2 Å². The molecule has 1 aliphatic heterocycles. The molecule has 4 heterocycles. The van der Waals surface area contributed by atoms with Gasteiger partial charge < -0.3 is 14.8 Å². The van der Waals surface area contributed by atoms with Gasteiger partial charge in [0.05, 0.1) is 25.0 Å². The number of carbonyl (C=O) groups is 1. The number of hydrogen-bond acceptors (Lipinski definition) is 7. The number of benzene rings is 1. The van der Waals surface area contributed by atoms with Crippen molar-refractivity contribution in [2.75, 3.05) is 44.8 Å². The van der Waals surface area contributed by atoms with Crippen LogP contribution in [0.3, 0.4) is 0 Å². The average Bonchev–Trinajstić information content (AvgIpc) is 3.33. The van der Waals surface area contributed by atoms with E-state index in [1.807, 2.05) is 6.07 Å². The number of aromatic nitrogens is 4. The highest BCUT2D eigenvalue weighted by atomic mass is 19.1. The van der Waals surface area contributed by atoms with Crippen LogP contribution in [0.25, 0.3) is 5.65 Å². The Bertz CT molecular complexity index is 1440. The zero-order chi connectivity index (χ0) is 24.7. The molecule has 9 nitrogen and oxygen atoms in total. The molecule has 36 heavy (non-hydrogen) atoms. The molecule has 0 radical (unpaired) electrons. The van der Waals surface area contributed by atoms with Crippen molar-refractivity contribution in [3.63, 3.8) is 0 Å². The second-order valence-corrected chi connectivity index (χ2v) is 8.05. The number of nitrogens with zero attached hydrogens (tertiary/aromatic N) is 5. The first kappa shape index (κ1) is 23.4. The Morgan fingerprint density at radius 3 is 2.89 bits per heavy atom. The van der Waals surface area contributed by atoms with Gasteiger partial charge >= 0.3 is 0 Å². The smallest absolute Gasteiger partial charge is 0.257 e. The van der Waals surface area contributed by atoms with Crippen molar-refractivity contribution in [1.29, 1.82) is 0 Å². The maximum atomic E-state index is 14.5. The van der Waals surface area contributed by atoms with E-state index in [0.717, 1.165) is 13.1 Å². The fraction of sp³-hybridized carbons (Fsp3) is 0.231. The van der Waals surface area contributed by atoms with E-state index in [0.29, 0.717) is 54.5 Å². The summed E-state index contributed by atoms with van der Waals surface area (Å²) in [6, 6.07) is 9.58. The molecule has 0 bridgehead atoms. The fourth-order valence-corrected chi connectivity index (χ4v) is 3.69. The molecule has 1 aliphatic rings. The maximum Gasteiger partial charge on any atom is 0.257 e. The summed E-state index contributed by atoms with van der Waals surface area (Å²) in [4.78, 5) is 23.3. The van der Waals surface area contributed by atoms with Crippen molar-refractivity contribution in [1.82, 2.24) is 24.5 Å². The largest absolute Gasteiger partial charge is 0.489 e. The highest BCUT2D eigenvalue weighted by Gasteiger charge is 2.13. The van der Waals surface area contributed by atoms with Crippen LogP contribution in [0.2, 0.25) is 0 Å². The monoisotopic (exact) mass is 486 g/mol. The van der Waals surface area contributed by atoms with E-state index in [4.69, 9.17) is 9.47 Å². The summed E-state index contributed by atoms with van der Waals surface area (Å²) in [6.07, 6.45) is 6.27. The van der Waals surface area contributed by atoms with Crippen LogP contribution in [0.4, 0.5) is 10.1 Å². The molecule has 1 amide bonds. The van der Waals surface area contributed by atoms with E-state index in [1.165, 1.54) is 18.3 Å². The van der Waals surface area contributed by atoms with Crippen molar-refractivity contribution in [2.24, 2.45) is 0 Å². The number of morpholine rings is 1. The molecule has 1 saturated heterocycles. The number of halogens is 1. The third kappa shape index (κ3) is 5.66. The molecule has 1 N–H and O–H groups in total. The highest BCUT2D eigenvalue weighted by Crippen LogP contribution is 2.22. The lowest BCUT2D eigenvalue weighted by Gasteiger charge is -2.26. The van der Waals surface area contributed by atoms with Crippen LogP contribution < -0.4 is 10.1 Å². The zero-order valence-electron chi connectivity index (χ0n) is 19.4. The molecular formula is C26H23FN6O3. The normalized spacial score (nSPS) is 13.7. The van der Waals surface area contributed by atoms with Gasteiger partial charge in [-0.1, -0.05) is 5.92 Å². The van der Waals surface area contributed by atoms with E-state index in [-0.39, 0.29) is 5.75 Å². The fourth-order valence-electron chi connectivity index (χ4n) is 3.69. The number of amides is 1. The number of imidazole rings is 1. The van der Waals surface area contributed by atoms with Gasteiger partial charge in [-0.15, -0.1) is 0 Å². The number of pyridine rings is 1. The Morgan fingerprint density at radius 1 is 1.14 bits per heavy atom. The first-order valence-corrected chi connectivity index (χ1v) is 11.5. The van der Waals surface area contributed by atoms with Gasteiger partial charge in [0.2, 0.25) is 0 Å². The summed E-state index contributed by atoms with van der Waals surface area (Å²) in [6.45, 7) is 4.15. The first-order chi connectivity index (χ1) is 17.7.